The van der Waals surface area contributed by atoms with E-state index in [-0.39, 0.29) is 11.2 Å². The molecule has 0 aromatic rings. The van der Waals surface area contributed by atoms with Crippen molar-refractivity contribution >= 4 is 28.5 Å². The molecule has 0 bridgehead atoms. The SMILES string of the molecule is CC(CNC(=O)CSC1CCNCC1)S(C)=O. The zero-order valence-electron chi connectivity index (χ0n) is 10.5. The minimum Gasteiger partial charge on any atom is -0.354 e. The number of piperidine rings is 1. The molecule has 0 aliphatic carbocycles. The van der Waals surface area contributed by atoms with Crippen molar-refractivity contribution in [2.24, 2.45) is 0 Å². The first-order chi connectivity index (χ1) is 8.09. The van der Waals surface area contributed by atoms with Crippen LogP contribution in [0.1, 0.15) is 19.8 Å². The molecule has 1 heterocycles. The molecule has 6 heteroatoms. The number of carbonyl (C=O) groups excluding carboxylic acids is 1. The van der Waals surface area contributed by atoms with Crippen LogP contribution < -0.4 is 10.6 Å². The van der Waals surface area contributed by atoms with E-state index in [1.54, 1.807) is 18.0 Å². The molecule has 2 atom stereocenters. The molecular formula is C11H22N2O2S2. The van der Waals surface area contributed by atoms with Gasteiger partial charge in [-0.1, -0.05) is 0 Å². The Morgan fingerprint density at radius 2 is 2.18 bits per heavy atom. The van der Waals surface area contributed by atoms with Gasteiger partial charge in [-0.25, -0.2) is 0 Å². The van der Waals surface area contributed by atoms with E-state index < -0.39 is 10.8 Å². The van der Waals surface area contributed by atoms with E-state index in [9.17, 15) is 9.00 Å². The molecule has 0 aromatic carbocycles. The zero-order valence-corrected chi connectivity index (χ0v) is 12.2. The summed E-state index contributed by atoms with van der Waals surface area (Å²) >= 11 is 1.74. The van der Waals surface area contributed by atoms with Crippen molar-refractivity contribution in [2.45, 2.75) is 30.3 Å². The molecule has 2 N–H and O–H groups in total. The normalized spacial score (nSPS) is 20.8. The minimum atomic E-state index is -0.865. The van der Waals surface area contributed by atoms with E-state index in [1.165, 1.54) is 0 Å². The first-order valence-electron chi connectivity index (χ1n) is 6.01. The fourth-order valence-corrected chi connectivity index (χ4v) is 2.96. The van der Waals surface area contributed by atoms with E-state index in [1.807, 2.05) is 6.92 Å². The molecule has 1 rings (SSSR count). The molecule has 17 heavy (non-hydrogen) atoms. The van der Waals surface area contributed by atoms with Gasteiger partial charge in [0.1, 0.15) is 0 Å². The summed E-state index contributed by atoms with van der Waals surface area (Å²) in [4.78, 5) is 11.6. The first kappa shape index (κ1) is 15.0. The van der Waals surface area contributed by atoms with Gasteiger partial charge in [0.2, 0.25) is 5.91 Å². The lowest BCUT2D eigenvalue weighted by Crippen LogP contribution is -2.35. The Bertz CT molecular complexity index is 268. The molecule has 4 nitrogen and oxygen atoms in total. The average Bonchev–Trinajstić information content (AvgIpc) is 2.34. The van der Waals surface area contributed by atoms with Gasteiger partial charge in [0.15, 0.2) is 0 Å². The van der Waals surface area contributed by atoms with Crippen molar-refractivity contribution < 1.29 is 9.00 Å². The topological polar surface area (TPSA) is 58.2 Å². The lowest BCUT2D eigenvalue weighted by molar-refractivity contribution is -0.118. The number of amides is 1. The summed E-state index contributed by atoms with van der Waals surface area (Å²) in [5.74, 6) is 0.583. The Labute approximate surface area is 110 Å². The fraction of sp³-hybridized carbons (Fsp3) is 0.909. The number of rotatable bonds is 6. The van der Waals surface area contributed by atoms with Crippen LogP contribution in [-0.2, 0) is 15.6 Å². The number of hydrogen-bond donors (Lipinski definition) is 2. The zero-order chi connectivity index (χ0) is 12.7. The van der Waals surface area contributed by atoms with Crippen molar-refractivity contribution in [1.82, 2.24) is 10.6 Å². The maximum atomic E-state index is 11.6. The summed E-state index contributed by atoms with van der Waals surface area (Å²) in [6.07, 6.45) is 3.96. The predicted molar refractivity (Wildman–Crippen MR) is 74.9 cm³/mol. The predicted octanol–water partition coefficient (Wildman–Crippen LogP) is 0.355. The maximum absolute atomic E-state index is 11.6. The molecule has 0 saturated carbocycles. The average molecular weight is 278 g/mol. The minimum absolute atomic E-state index is 0.0304. The molecule has 1 aliphatic rings. The van der Waals surface area contributed by atoms with Gasteiger partial charge in [0, 0.05) is 34.1 Å². The molecule has 1 saturated heterocycles. The smallest absolute Gasteiger partial charge is 0.230 e. The van der Waals surface area contributed by atoms with Gasteiger partial charge in [-0.15, -0.1) is 11.8 Å². The highest BCUT2D eigenvalue weighted by Gasteiger charge is 2.15. The van der Waals surface area contributed by atoms with Crippen molar-refractivity contribution in [3.8, 4) is 0 Å². The van der Waals surface area contributed by atoms with Crippen molar-refractivity contribution in [1.29, 1.82) is 0 Å². The molecule has 1 aliphatic heterocycles. The fourth-order valence-electron chi connectivity index (χ4n) is 1.58. The third-order valence-corrected chi connectivity index (χ3v) is 5.56. The second kappa shape index (κ2) is 8.11. The highest BCUT2D eigenvalue weighted by atomic mass is 32.2. The van der Waals surface area contributed by atoms with Crippen LogP contribution in [0.5, 0.6) is 0 Å². The second-order valence-electron chi connectivity index (χ2n) is 4.37. The summed E-state index contributed by atoms with van der Waals surface area (Å²) in [6, 6.07) is 0. The third kappa shape index (κ3) is 6.43. The van der Waals surface area contributed by atoms with Crippen LogP contribution in [0.3, 0.4) is 0 Å². The summed E-state index contributed by atoms with van der Waals surface area (Å²) in [6.45, 7) is 4.52. The van der Waals surface area contributed by atoms with Crippen LogP contribution in [0, 0.1) is 0 Å². The van der Waals surface area contributed by atoms with Crippen molar-refractivity contribution in [2.75, 3.05) is 31.6 Å². The molecule has 1 amide bonds. The summed E-state index contributed by atoms with van der Waals surface area (Å²) < 4.78 is 11.1. The van der Waals surface area contributed by atoms with Crippen LogP contribution in [0.15, 0.2) is 0 Å². The van der Waals surface area contributed by atoms with E-state index in [2.05, 4.69) is 10.6 Å². The van der Waals surface area contributed by atoms with Gasteiger partial charge in [0.25, 0.3) is 0 Å². The lowest BCUT2D eigenvalue weighted by Gasteiger charge is -2.21. The molecule has 100 valence electrons. The molecule has 2 unspecified atom stereocenters. The van der Waals surface area contributed by atoms with Gasteiger partial charge in [-0.3, -0.25) is 9.00 Å². The van der Waals surface area contributed by atoms with Gasteiger partial charge in [-0.2, -0.15) is 0 Å². The lowest BCUT2D eigenvalue weighted by atomic mass is 10.2. The van der Waals surface area contributed by atoms with Gasteiger partial charge < -0.3 is 10.6 Å². The summed E-state index contributed by atoms with van der Waals surface area (Å²) in [7, 11) is -0.865. The highest BCUT2D eigenvalue weighted by Crippen LogP contribution is 2.19. The monoisotopic (exact) mass is 278 g/mol. The van der Waals surface area contributed by atoms with E-state index in [0.29, 0.717) is 17.5 Å². The Kier molecular flexibility index (Phi) is 7.15. The number of carbonyl (C=O) groups is 1. The van der Waals surface area contributed by atoms with Crippen molar-refractivity contribution in [3.05, 3.63) is 0 Å². The van der Waals surface area contributed by atoms with Crippen molar-refractivity contribution in [3.63, 3.8) is 0 Å². The Hall–Kier alpha value is -0.0700. The maximum Gasteiger partial charge on any atom is 0.230 e. The Balaban J connectivity index is 2.10. The quantitative estimate of drug-likeness (QED) is 0.736. The van der Waals surface area contributed by atoms with Gasteiger partial charge in [-0.05, 0) is 32.9 Å². The number of hydrogen-bond acceptors (Lipinski definition) is 4. The molecule has 1 fully saturated rings. The summed E-state index contributed by atoms with van der Waals surface area (Å²) in [5, 5.41) is 6.78. The largest absolute Gasteiger partial charge is 0.354 e. The van der Waals surface area contributed by atoms with E-state index >= 15 is 0 Å². The molecule has 0 spiro atoms. The molecular weight excluding hydrogens is 256 g/mol. The second-order valence-corrected chi connectivity index (χ2v) is 7.46. The number of nitrogens with one attached hydrogen (secondary N) is 2. The highest BCUT2D eigenvalue weighted by molar-refractivity contribution is 8.00. The Morgan fingerprint density at radius 3 is 2.76 bits per heavy atom. The Morgan fingerprint density at radius 1 is 1.53 bits per heavy atom. The van der Waals surface area contributed by atoms with E-state index in [0.717, 1.165) is 25.9 Å². The third-order valence-electron chi connectivity index (χ3n) is 2.89. The standard InChI is InChI=1S/C11H22N2O2S2/c1-9(17(2)15)7-13-11(14)8-16-10-3-5-12-6-4-10/h9-10,12H,3-8H2,1-2H3,(H,13,14). The molecule has 0 radical (unpaired) electrons. The van der Waals surface area contributed by atoms with Crippen LogP contribution in [0.4, 0.5) is 0 Å². The van der Waals surface area contributed by atoms with Gasteiger partial charge in [0.05, 0.1) is 5.75 Å². The van der Waals surface area contributed by atoms with Crippen LogP contribution in [0.25, 0.3) is 0 Å². The van der Waals surface area contributed by atoms with Crippen LogP contribution in [-0.4, -0.2) is 52.3 Å². The van der Waals surface area contributed by atoms with E-state index in [4.69, 9.17) is 0 Å². The van der Waals surface area contributed by atoms with Gasteiger partial charge >= 0.3 is 0 Å². The first-order valence-corrected chi connectivity index (χ1v) is 8.68. The molecule has 0 aromatic heterocycles. The summed E-state index contributed by atoms with van der Waals surface area (Å²) in [5.41, 5.74) is 0. The van der Waals surface area contributed by atoms with Crippen LogP contribution in [0.2, 0.25) is 0 Å². The number of thioether (sulfide) groups is 1. The van der Waals surface area contributed by atoms with Crippen LogP contribution >= 0.6 is 11.8 Å².